The van der Waals surface area contributed by atoms with Crippen LogP contribution in [0.5, 0.6) is 0 Å². The van der Waals surface area contributed by atoms with E-state index in [1.165, 1.54) is 20.8 Å². The monoisotopic (exact) mass is 641 g/mol. The van der Waals surface area contributed by atoms with Crippen molar-refractivity contribution < 1.29 is 52.4 Å². The van der Waals surface area contributed by atoms with Crippen LogP contribution in [0.25, 0.3) is 0 Å². The minimum atomic E-state index is -1.08. The first-order valence-corrected chi connectivity index (χ1v) is 15.1. The van der Waals surface area contributed by atoms with Crippen LogP contribution in [0.15, 0.2) is 54.6 Å². The highest BCUT2D eigenvalue weighted by Crippen LogP contribution is 2.30. The van der Waals surface area contributed by atoms with Crippen molar-refractivity contribution in [2.24, 2.45) is 0 Å². The van der Waals surface area contributed by atoms with Gasteiger partial charge in [0.15, 0.2) is 18.3 Å². The average molecular weight is 642 g/mol. The molecule has 1 aliphatic heterocycles. The standard InChI is InChI=1S/C34H43NO11/c1-20-29(43-21(2)36)31(45-23(4)38)30(44-22(3)37)28(42-20)18-25-15-13-24(14-16-25)17-27(35-33(40)46-34(5,6)7)32(39)41-19-26-11-9-8-10-12-26/h8-16,20,27-31H,17-19H2,1-7H3,(H,35,40)/t20-,27-,28-,29-,30-,31+/m0/s1. The van der Waals surface area contributed by atoms with Crippen molar-refractivity contribution in [2.75, 3.05) is 0 Å². The summed E-state index contributed by atoms with van der Waals surface area (Å²) in [6.07, 6.45) is -4.91. The molecule has 6 atom stereocenters. The van der Waals surface area contributed by atoms with Crippen molar-refractivity contribution >= 4 is 30.0 Å². The second-order valence-corrected chi connectivity index (χ2v) is 12.1. The van der Waals surface area contributed by atoms with Gasteiger partial charge in [-0.3, -0.25) is 14.4 Å². The lowest BCUT2D eigenvalue weighted by Gasteiger charge is -2.44. The third-order valence-electron chi connectivity index (χ3n) is 6.87. The number of hydrogen-bond donors (Lipinski definition) is 1. The smallest absolute Gasteiger partial charge is 0.408 e. The maximum Gasteiger partial charge on any atom is 0.408 e. The molecule has 1 aliphatic rings. The van der Waals surface area contributed by atoms with E-state index in [1.54, 1.807) is 39.8 Å². The molecule has 250 valence electrons. The Labute approximate surface area is 269 Å². The summed E-state index contributed by atoms with van der Waals surface area (Å²) < 4.78 is 33.4. The summed E-state index contributed by atoms with van der Waals surface area (Å²) in [6.45, 7) is 10.6. The molecule has 0 spiro atoms. The molecule has 0 aliphatic carbocycles. The van der Waals surface area contributed by atoms with Crippen LogP contribution in [-0.2, 0) is 67.0 Å². The first-order chi connectivity index (χ1) is 21.6. The van der Waals surface area contributed by atoms with E-state index in [0.29, 0.717) is 0 Å². The van der Waals surface area contributed by atoms with E-state index < -0.39 is 72.1 Å². The summed E-state index contributed by atoms with van der Waals surface area (Å²) in [5.41, 5.74) is 1.55. The topological polar surface area (TPSA) is 153 Å². The van der Waals surface area contributed by atoms with Crippen molar-refractivity contribution in [3.8, 4) is 0 Å². The molecular weight excluding hydrogens is 598 g/mol. The minimum Gasteiger partial charge on any atom is -0.459 e. The number of esters is 4. The lowest BCUT2D eigenvalue weighted by atomic mass is 9.91. The van der Waals surface area contributed by atoms with Gasteiger partial charge < -0.3 is 33.7 Å². The molecule has 2 aromatic rings. The summed E-state index contributed by atoms with van der Waals surface area (Å²) in [7, 11) is 0. The molecule has 1 saturated heterocycles. The zero-order valence-electron chi connectivity index (χ0n) is 27.3. The molecule has 0 unspecified atom stereocenters. The Bertz CT molecular complexity index is 1350. The van der Waals surface area contributed by atoms with Gasteiger partial charge in [-0.25, -0.2) is 9.59 Å². The van der Waals surface area contributed by atoms with Gasteiger partial charge in [-0.2, -0.15) is 0 Å². The van der Waals surface area contributed by atoms with E-state index in [4.69, 9.17) is 28.4 Å². The largest absolute Gasteiger partial charge is 0.459 e. The van der Waals surface area contributed by atoms with Gasteiger partial charge in [-0.05, 0) is 44.4 Å². The Hall–Kier alpha value is -4.45. The SMILES string of the molecule is CC(=O)O[C@@H]1[C@@H](OC(C)=O)[C@H](C)O[C@@H](Cc2ccc(C[C@H](NC(=O)OC(C)(C)C)C(=O)OCc3ccccc3)cc2)[C@@H]1OC(C)=O. The number of carbonyl (C=O) groups is 5. The van der Waals surface area contributed by atoms with Gasteiger partial charge in [0.1, 0.15) is 24.4 Å². The van der Waals surface area contributed by atoms with Crippen LogP contribution >= 0.6 is 0 Å². The van der Waals surface area contributed by atoms with Crippen LogP contribution in [0.1, 0.15) is 65.2 Å². The number of benzene rings is 2. The summed E-state index contributed by atoms with van der Waals surface area (Å²) in [4.78, 5) is 61.4. The molecule has 1 heterocycles. The zero-order valence-corrected chi connectivity index (χ0v) is 27.3. The third kappa shape index (κ3) is 11.5. The van der Waals surface area contributed by atoms with Gasteiger partial charge in [0.25, 0.3) is 0 Å². The van der Waals surface area contributed by atoms with Gasteiger partial charge in [0.2, 0.25) is 0 Å². The van der Waals surface area contributed by atoms with Crippen LogP contribution in [-0.4, -0.2) is 72.1 Å². The van der Waals surface area contributed by atoms with E-state index in [1.807, 2.05) is 42.5 Å². The van der Waals surface area contributed by atoms with E-state index in [0.717, 1.165) is 16.7 Å². The molecule has 3 rings (SSSR count). The van der Waals surface area contributed by atoms with E-state index in [-0.39, 0.29) is 19.4 Å². The number of nitrogens with one attached hydrogen (secondary N) is 1. The van der Waals surface area contributed by atoms with Crippen LogP contribution in [0.3, 0.4) is 0 Å². The molecule has 1 amide bonds. The Morgan fingerprint density at radius 1 is 0.761 bits per heavy atom. The summed E-state index contributed by atoms with van der Waals surface area (Å²) in [5.74, 6) is -2.47. The predicted octanol–water partition coefficient (Wildman–Crippen LogP) is 3.99. The Balaban J connectivity index is 1.77. The molecule has 12 heteroatoms. The number of alkyl carbamates (subject to hydrolysis) is 1. The van der Waals surface area contributed by atoms with E-state index >= 15 is 0 Å². The van der Waals surface area contributed by atoms with Crippen molar-refractivity contribution in [2.45, 2.75) is 110 Å². The molecule has 0 aromatic heterocycles. The first-order valence-electron chi connectivity index (χ1n) is 15.1. The van der Waals surface area contributed by atoms with Crippen LogP contribution in [0.2, 0.25) is 0 Å². The molecule has 1 fully saturated rings. The van der Waals surface area contributed by atoms with Gasteiger partial charge in [0, 0.05) is 33.6 Å². The molecule has 12 nitrogen and oxygen atoms in total. The quantitative estimate of drug-likeness (QED) is 0.280. The summed E-state index contributed by atoms with van der Waals surface area (Å²) >= 11 is 0. The Kier molecular flexibility index (Phi) is 12.7. The first kappa shape index (κ1) is 36.0. The van der Waals surface area contributed by atoms with Crippen LogP contribution < -0.4 is 5.32 Å². The number of carbonyl (C=O) groups excluding carboxylic acids is 5. The second kappa shape index (κ2) is 16.2. The van der Waals surface area contributed by atoms with Crippen molar-refractivity contribution in [3.63, 3.8) is 0 Å². The normalized spacial score (nSPS) is 21.7. The average Bonchev–Trinajstić information content (AvgIpc) is 2.95. The summed E-state index contributed by atoms with van der Waals surface area (Å²) in [5, 5.41) is 2.62. The number of amides is 1. The highest BCUT2D eigenvalue weighted by atomic mass is 16.6. The number of ether oxygens (including phenoxy) is 6. The van der Waals surface area contributed by atoms with Crippen molar-refractivity contribution in [1.82, 2.24) is 5.32 Å². The molecule has 2 aromatic carbocycles. The number of rotatable bonds is 11. The molecule has 46 heavy (non-hydrogen) atoms. The molecule has 1 N–H and O–H groups in total. The molecule has 0 radical (unpaired) electrons. The van der Waals surface area contributed by atoms with Gasteiger partial charge in [0.05, 0.1) is 6.10 Å². The minimum absolute atomic E-state index is 0.0427. The van der Waals surface area contributed by atoms with Crippen LogP contribution in [0.4, 0.5) is 4.79 Å². The highest BCUT2D eigenvalue weighted by Gasteiger charge is 2.50. The second-order valence-electron chi connectivity index (χ2n) is 12.1. The summed E-state index contributed by atoms with van der Waals surface area (Å²) in [6, 6.07) is 15.4. The lowest BCUT2D eigenvalue weighted by molar-refractivity contribution is -0.243. The Morgan fingerprint density at radius 2 is 1.30 bits per heavy atom. The fraction of sp³-hybridized carbons (Fsp3) is 0.500. The Morgan fingerprint density at radius 3 is 1.87 bits per heavy atom. The lowest BCUT2D eigenvalue weighted by Crippen LogP contribution is -2.61. The fourth-order valence-corrected chi connectivity index (χ4v) is 5.03. The van der Waals surface area contributed by atoms with E-state index in [2.05, 4.69) is 5.32 Å². The van der Waals surface area contributed by atoms with Gasteiger partial charge >= 0.3 is 30.0 Å². The third-order valence-corrected chi connectivity index (χ3v) is 6.87. The van der Waals surface area contributed by atoms with Gasteiger partial charge in [-0.15, -0.1) is 0 Å². The fourth-order valence-electron chi connectivity index (χ4n) is 5.03. The molecule has 0 saturated carbocycles. The predicted molar refractivity (Wildman–Crippen MR) is 164 cm³/mol. The van der Waals surface area contributed by atoms with Crippen molar-refractivity contribution in [1.29, 1.82) is 0 Å². The maximum absolute atomic E-state index is 13.1. The van der Waals surface area contributed by atoms with E-state index in [9.17, 15) is 24.0 Å². The maximum atomic E-state index is 13.1. The highest BCUT2D eigenvalue weighted by molar-refractivity contribution is 5.81. The van der Waals surface area contributed by atoms with Gasteiger partial charge in [-0.1, -0.05) is 54.6 Å². The zero-order chi connectivity index (χ0) is 34.0. The van der Waals surface area contributed by atoms with Crippen LogP contribution in [0, 0.1) is 0 Å². The molecular formula is C34H43NO11. The van der Waals surface area contributed by atoms with Crippen molar-refractivity contribution in [3.05, 3.63) is 71.3 Å². The number of hydrogen-bond acceptors (Lipinski definition) is 11. The molecule has 0 bridgehead atoms.